The standard InChI is InChI=1S/C22H23ClF3NO3/c1-29-19-12-15(2-8-18(19)30-14-22(24,25)26)3-9-20(28)27-13-21(10-11-21)16-4-6-17(23)7-5-16/h2,4-8,12H,3,9-11,13-14H2,1H3,(H,27,28). The Balaban J connectivity index is 1.50. The van der Waals surface area contributed by atoms with Crippen molar-refractivity contribution < 1.29 is 27.4 Å². The number of rotatable bonds is 9. The van der Waals surface area contributed by atoms with E-state index < -0.39 is 12.8 Å². The molecule has 3 rings (SSSR count). The van der Waals surface area contributed by atoms with Crippen molar-refractivity contribution >= 4 is 17.5 Å². The number of aryl methyl sites for hydroxylation is 1. The monoisotopic (exact) mass is 441 g/mol. The van der Waals surface area contributed by atoms with Crippen molar-refractivity contribution in [1.29, 1.82) is 0 Å². The Hall–Kier alpha value is -2.41. The van der Waals surface area contributed by atoms with E-state index >= 15 is 0 Å². The van der Waals surface area contributed by atoms with Crippen LogP contribution in [0.15, 0.2) is 42.5 Å². The summed E-state index contributed by atoms with van der Waals surface area (Å²) in [5.74, 6) is 0.144. The molecule has 8 heteroatoms. The number of nitrogens with one attached hydrogen (secondary N) is 1. The lowest BCUT2D eigenvalue weighted by molar-refractivity contribution is -0.153. The lowest BCUT2D eigenvalue weighted by Crippen LogP contribution is -2.32. The summed E-state index contributed by atoms with van der Waals surface area (Å²) in [6, 6.07) is 12.4. The van der Waals surface area contributed by atoms with E-state index in [9.17, 15) is 18.0 Å². The molecule has 2 aromatic carbocycles. The van der Waals surface area contributed by atoms with Gasteiger partial charge in [0.1, 0.15) is 0 Å². The highest BCUT2D eigenvalue weighted by Crippen LogP contribution is 2.47. The highest BCUT2D eigenvalue weighted by Gasteiger charge is 2.44. The molecule has 0 unspecified atom stereocenters. The molecule has 1 fully saturated rings. The first-order valence-corrected chi connectivity index (χ1v) is 9.98. The normalized spacial score (nSPS) is 14.8. The van der Waals surface area contributed by atoms with Crippen molar-refractivity contribution in [3.05, 3.63) is 58.6 Å². The van der Waals surface area contributed by atoms with Gasteiger partial charge < -0.3 is 14.8 Å². The average molecular weight is 442 g/mol. The van der Waals surface area contributed by atoms with Crippen LogP contribution < -0.4 is 14.8 Å². The molecule has 0 spiro atoms. The van der Waals surface area contributed by atoms with Gasteiger partial charge in [0.2, 0.25) is 5.91 Å². The summed E-state index contributed by atoms with van der Waals surface area (Å²) < 4.78 is 46.9. The largest absolute Gasteiger partial charge is 0.493 e. The molecule has 0 aliphatic heterocycles. The summed E-state index contributed by atoms with van der Waals surface area (Å²) in [5, 5.41) is 3.68. The molecular weight excluding hydrogens is 419 g/mol. The molecule has 162 valence electrons. The number of methoxy groups -OCH3 is 1. The zero-order chi connectivity index (χ0) is 21.8. The molecule has 1 aliphatic rings. The first-order chi connectivity index (χ1) is 14.2. The average Bonchev–Trinajstić information content (AvgIpc) is 3.50. The van der Waals surface area contributed by atoms with Gasteiger partial charge >= 0.3 is 6.18 Å². The van der Waals surface area contributed by atoms with Crippen LogP contribution in [-0.4, -0.2) is 32.3 Å². The van der Waals surface area contributed by atoms with Crippen LogP contribution in [0.2, 0.25) is 5.02 Å². The smallest absolute Gasteiger partial charge is 0.422 e. The number of ether oxygens (including phenoxy) is 2. The lowest BCUT2D eigenvalue weighted by atomic mass is 9.96. The Kier molecular flexibility index (Phi) is 6.81. The summed E-state index contributed by atoms with van der Waals surface area (Å²) >= 11 is 5.94. The van der Waals surface area contributed by atoms with E-state index in [1.165, 1.54) is 18.7 Å². The maximum absolute atomic E-state index is 12.3. The van der Waals surface area contributed by atoms with Crippen LogP contribution in [0.25, 0.3) is 0 Å². The van der Waals surface area contributed by atoms with E-state index in [2.05, 4.69) is 5.32 Å². The second-order valence-electron chi connectivity index (χ2n) is 7.45. The molecule has 1 saturated carbocycles. The predicted molar refractivity (Wildman–Crippen MR) is 108 cm³/mol. The summed E-state index contributed by atoms with van der Waals surface area (Å²) in [6.07, 6.45) is -1.68. The minimum Gasteiger partial charge on any atom is -0.493 e. The Morgan fingerprint density at radius 1 is 1.13 bits per heavy atom. The third kappa shape index (κ3) is 6.05. The Morgan fingerprint density at radius 3 is 2.43 bits per heavy atom. The summed E-state index contributed by atoms with van der Waals surface area (Å²) in [5.41, 5.74) is 1.94. The van der Waals surface area contributed by atoms with E-state index in [1.54, 1.807) is 12.1 Å². The number of hydrogen-bond donors (Lipinski definition) is 1. The Morgan fingerprint density at radius 2 is 1.83 bits per heavy atom. The van der Waals surface area contributed by atoms with Crippen LogP contribution in [0.3, 0.4) is 0 Å². The Labute approximate surface area is 178 Å². The van der Waals surface area contributed by atoms with E-state index in [0.717, 1.165) is 18.4 Å². The van der Waals surface area contributed by atoms with Gasteiger partial charge in [-0.2, -0.15) is 13.2 Å². The van der Waals surface area contributed by atoms with Crippen LogP contribution in [0.1, 0.15) is 30.4 Å². The minimum absolute atomic E-state index is 0.0130. The minimum atomic E-state index is -4.42. The van der Waals surface area contributed by atoms with E-state index in [-0.39, 0.29) is 29.2 Å². The van der Waals surface area contributed by atoms with Crippen LogP contribution >= 0.6 is 11.6 Å². The zero-order valence-corrected chi connectivity index (χ0v) is 17.3. The Bertz CT molecular complexity index is 880. The molecule has 1 amide bonds. The molecule has 0 atom stereocenters. The zero-order valence-electron chi connectivity index (χ0n) is 16.5. The van der Waals surface area contributed by atoms with E-state index in [1.807, 2.05) is 24.3 Å². The van der Waals surface area contributed by atoms with Crippen LogP contribution in [0.4, 0.5) is 13.2 Å². The fourth-order valence-electron chi connectivity index (χ4n) is 3.28. The number of carbonyl (C=O) groups excluding carboxylic acids is 1. The number of hydrogen-bond acceptors (Lipinski definition) is 3. The first kappa shape index (κ1) is 22.3. The van der Waals surface area contributed by atoms with Gasteiger partial charge in [-0.3, -0.25) is 4.79 Å². The van der Waals surface area contributed by atoms with Gasteiger partial charge in [0.05, 0.1) is 7.11 Å². The maximum atomic E-state index is 12.3. The molecule has 0 radical (unpaired) electrons. The second kappa shape index (κ2) is 9.16. The van der Waals surface area contributed by atoms with Crippen LogP contribution in [-0.2, 0) is 16.6 Å². The van der Waals surface area contributed by atoms with Crippen molar-refractivity contribution in [3.8, 4) is 11.5 Å². The van der Waals surface area contributed by atoms with Crippen molar-refractivity contribution in [1.82, 2.24) is 5.32 Å². The topological polar surface area (TPSA) is 47.6 Å². The molecular formula is C22H23ClF3NO3. The molecule has 4 nitrogen and oxygen atoms in total. The van der Waals surface area contributed by atoms with Crippen molar-refractivity contribution in [2.75, 3.05) is 20.3 Å². The molecule has 30 heavy (non-hydrogen) atoms. The molecule has 0 bridgehead atoms. The van der Waals surface area contributed by atoms with Gasteiger partial charge in [-0.05, 0) is 54.7 Å². The first-order valence-electron chi connectivity index (χ1n) is 9.60. The molecule has 0 saturated heterocycles. The van der Waals surface area contributed by atoms with Gasteiger partial charge in [-0.15, -0.1) is 0 Å². The molecule has 2 aromatic rings. The fourth-order valence-corrected chi connectivity index (χ4v) is 3.41. The van der Waals surface area contributed by atoms with Gasteiger partial charge in [-0.1, -0.05) is 29.8 Å². The van der Waals surface area contributed by atoms with Gasteiger partial charge in [0.15, 0.2) is 18.1 Å². The predicted octanol–water partition coefficient (Wildman–Crippen LogP) is 5.07. The van der Waals surface area contributed by atoms with Crippen molar-refractivity contribution in [2.24, 2.45) is 0 Å². The maximum Gasteiger partial charge on any atom is 0.422 e. The highest BCUT2D eigenvalue weighted by molar-refractivity contribution is 6.30. The number of amides is 1. The summed E-state index contributed by atoms with van der Waals surface area (Å²) in [6.45, 7) is -0.818. The highest BCUT2D eigenvalue weighted by atomic mass is 35.5. The van der Waals surface area contributed by atoms with E-state index in [0.29, 0.717) is 18.0 Å². The van der Waals surface area contributed by atoms with Crippen LogP contribution in [0.5, 0.6) is 11.5 Å². The summed E-state index contributed by atoms with van der Waals surface area (Å²) in [4.78, 5) is 12.3. The molecule has 0 aromatic heterocycles. The number of carbonyl (C=O) groups is 1. The van der Waals surface area contributed by atoms with Gasteiger partial charge in [-0.25, -0.2) is 0 Å². The second-order valence-corrected chi connectivity index (χ2v) is 7.89. The third-order valence-electron chi connectivity index (χ3n) is 5.19. The summed E-state index contributed by atoms with van der Waals surface area (Å²) in [7, 11) is 1.36. The molecule has 1 aliphatic carbocycles. The lowest BCUT2D eigenvalue weighted by Gasteiger charge is -2.17. The van der Waals surface area contributed by atoms with E-state index in [4.69, 9.17) is 21.1 Å². The van der Waals surface area contributed by atoms with Crippen molar-refractivity contribution in [2.45, 2.75) is 37.3 Å². The third-order valence-corrected chi connectivity index (χ3v) is 5.45. The quantitative estimate of drug-likeness (QED) is 0.591. The molecule has 0 heterocycles. The van der Waals surface area contributed by atoms with Crippen molar-refractivity contribution in [3.63, 3.8) is 0 Å². The SMILES string of the molecule is COc1cc(CCC(=O)NCC2(c3ccc(Cl)cc3)CC2)ccc1OCC(F)(F)F. The van der Waals surface area contributed by atoms with Gasteiger partial charge in [0.25, 0.3) is 0 Å². The fraction of sp³-hybridized carbons (Fsp3) is 0.409. The number of alkyl halides is 3. The molecule has 1 N–H and O–H groups in total. The number of halogens is 4. The van der Waals surface area contributed by atoms with Gasteiger partial charge in [0, 0.05) is 23.4 Å². The van der Waals surface area contributed by atoms with Crippen LogP contribution in [0, 0.1) is 0 Å². The number of benzene rings is 2.